The first-order valence-electron chi connectivity index (χ1n) is 7.09. The van der Waals surface area contributed by atoms with Gasteiger partial charge in [-0.2, -0.15) is 5.26 Å². The highest BCUT2D eigenvalue weighted by atomic mass is 35.5. The van der Waals surface area contributed by atoms with E-state index in [1.807, 2.05) is 36.0 Å². The third-order valence-electron chi connectivity index (χ3n) is 4.13. The lowest BCUT2D eigenvalue weighted by atomic mass is 9.93. The predicted molar refractivity (Wildman–Crippen MR) is 85.7 cm³/mol. The van der Waals surface area contributed by atoms with E-state index in [0.717, 1.165) is 42.3 Å². The molecule has 0 atom stereocenters. The van der Waals surface area contributed by atoms with E-state index in [0.29, 0.717) is 11.6 Å². The number of aryl methyl sites for hydroxylation is 1. The van der Waals surface area contributed by atoms with E-state index in [-0.39, 0.29) is 18.5 Å². The van der Waals surface area contributed by atoms with Crippen LogP contribution in [0.2, 0.25) is 0 Å². The van der Waals surface area contributed by atoms with E-state index < -0.39 is 0 Å². The molecule has 1 aliphatic rings. The van der Waals surface area contributed by atoms with Crippen molar-refractivity contribution in [3.05, 3.63) is 30.0 Å². The minimum atomic E-state index is 0. The molecule has 2 aromatic rings. The quantitative estimate of drug-likeness (QED) is 0.927. The first-order chi connectivity index (χ1) is 9.69. The molecule has 1 aromatic heterocycles. The maximum absolute atomic E-state index is 9.20. The number of nitriles is 1. The van der Waals surface area contributed by atoms with E-state index in [9.17, 15) is 5.26 Å². The smallest absolute Gasteiger partial charge is 0.129 e. The first kappa shape index (κ1) is 15.7. The van der Waals surface area contributed by atoms with Crippen LogP contribution in [0, 0.1) is 11.3 Å². The van der Waals surface area contributed by atoms with Gasteiger partial charge >= 0.3 is 0 Å². The summed E-state index contributed by atoms with van der Waals surface area (Å²) in [5.41, 5.74) is 7.55. The normalized spacial score (nSPS) is 21.6. The molecule has 21 heavy (non-hydrogen) atoms. The lowest BCUT2D eigenvalue weighted by molar-refractivity contribution is 0.149. The Morgan fingerprint density at radius 1 is 1.24 bits per heavy atom. The molecule has 5 heteroatoms. The van der Waals surface area contributed by atoms with Gasteiger partial charge in [-0.1, -0.05) is 0 Å². The largest absolute Gasteiger partial charge is 0.490 e. The average molecular weight is 306 g/mol. The van der Waals surface area contributed by atoms with Gasteiger partial charge in [0.25, 0.3) is 0 Å². The van der Waals surface area contributed by atoms with E-state index in [1.54, 1.807) is 0 Å². The van der Waals surface area contributed by atoms with Crippen LogP contribution in [0.5, 0.6) is 5.75 Å². The van der Waals surface area contributed by atoms with Crippen molar-refractivity contribution in [2.45, 2.75) is 37.8 Å². The molecular weight excluding hydrogens is 286 g/mol. The summed E-state index contributed by atoms with van der Waals surface area (Å²) < 4.78 is 8.12. The number of hydrogen-bond donors (Lipinski definition) is 1. The summed E-state index contributed by atoms with van der Waals surface area (Å²) >= 11 is 0. The van der Waals surface area contributed by atoms with Crippen LogP contribution in [-0.4, -0.2) is 16.7 Å². The van der Waals surface area contributed by atoms with Crippen molar-refractivity contribution < 1.29 is 4.74 Å². The Bertz CT molecular complexity index is 666. The molecule has 1 aromatic carbocycles. The highest BCUT2D eigenvalue weighted by Crippen LogP contribution is 2.31. The van der Waals surface area contributed by atoms with Gasteiger partial charge in [0.15, 0.2) is 0 Å². The fraction of sp³-hybridized carbons (Fsp3) is 0.438. The summed E-state index contributed by atoms with van der Waals surface area (Å²) in [6.07, 6.45) is 6.28. The molecular formula is C16H20ClN3O. The van der Waals surface area contributed by atoms with Crippen molar-refractivity contribution in [2.75, 3.05) is 0 Å². The number of ether oxygens (including phenoxy) is 1. The minimum absolute atomic E-state index is 0. The Balaban J connectivity index is 0.00000161. The maximum Gasteiger partial charge on any atom is 0.129 e. The van der Waals surface area contributed by atoms with Crippen LogP contribution in [0.15, 0.2) is 24.4 Å². The molecule has 3 rings (SSSR count). The van der Waals surface area contributed by atoms with Gasteiger partial charge in [-0.15, -0.1) is 12.4 Å². The number of fused-ring (bicyclic) bond motifs is 1. The summed E-state index contributed by atoms with van der Waals surface area (Å²) in [4.78, 5) is 0. The molecule has 4 nitrogen and oxygen atoms in total. The summed E-state index contributed by atoms with van der Waals surface area (Å²) in [5, 5.41) is 10.2. The number of nitrogens with two attached hydrogens (primary N) is 1. The standard InChI is InChI=1S/C16H19N3O.ClH/c1-19-9-8-14-15(7-2-11(10-17)16(14)19)20-13-5-3-12(18)4-6-13;/h2,7-9,12-13H,3-6,18H2,1H3;1H. The third-order valence-corrected chi connectivity index (χ3v) is 4.13. The van der Waals surface area contributed by atoms with Crippen LogP contribution >= 0.6 is 12.4 Å². The molecule has 0 amide bonds. The molecule has 1 aliphatic carbocycles. The zero-order valence-electron chi connectivity index (χ0n) is 12.1. The Morgan fingerprint density at radius 3 is 2.62 bits per heavy atom. The van der Waals surface area contributed by atoms with Gasteiger partial charge in [0.1, 0.15) is 11.8 Å². The van der Waals surface area contributed by atoms with Gasteiger partial charge in [0, 0.05) is 24.7 Å². The van der Waals surface area contributed by atoms with Crippen LogP contribution < -0.4 is 10.5 Å². The SMILES string of the molecule is Cl.Cn1ccc2c(OC3CCC(N)CC3)ccc(C#N)c21. The summed E-state index contributed by atoms with van der Waals surface area (Å²) in [6.45, 7) is 0. The molecule has 0 spiro atoms. The molecule has 2 N–H and O–H groups in total. The van der Waals surface area contributed by atoms with Gasteiger partial charge in [0.05, 0.1) is 17.2 Å². The molecule has 1 fully saturated rings. The van der Waals surface area contributed by atoms with E-state index in [1.165, 1.54) is 0 Å². The maximum atomic E-state index is 9.20. The number of aromatic nitrogens is 1. The number of nitrogens with zero attached hydrogens (tertiary/aromatic N) is 2. The van der Waals surface area contributed by atoms with Crippen molar-refractivity contribution in [1.29, 1.82) is 5.26 Å². The Morgan fingerprint density at radius 2 is 1.95 bits per heavy atom. The molecule has 0 aliphatic heterocycles. The fourth-order valence-electron chi connectivity index (χ4n) is 2.97. The van der Waals surface area contributed by atoms with E-state index in [4.69, 9.17) is 10.5 Å². The number of benzene rings is 1. The van der Waals surface area contributed by atoms with Crippen LogP contribution in [0.25, 0.3) is 10.9 Å². The van der Waals surface area contributed by atoms with Crippen LogP contribution in [0.1, 0.15) is 31.2 Å². The van der Waals surface area contributed by atoms with Crippen molar-refractivity contribution in [3.8, 4) is 11.8 Å². The van der Waals surface area contributed by atoms with Gasteiger partial charge in [-0.25, -0.2) is 0 Å². The second kappa shape index (κ2) is 6.38. The van der Waals surface area contributed by atoms with Gasteiger partial charge in [-0.3, -0.25) is 0 Å². The molecule has 1 heterocycles. The molecule has 1 saturated carbocycles. The lowest BCUT2D eigenvalue weighted by Gasteiger charge is -2.27. The second-order valence-electron chi connectivity index (χ2n) is 5.57. The van der Waals surface area contributed by atoms with Gasteiger partial charge in [-0.05, 0) is 43.9 Å². The van der Waals surface area contributed by atoms with Crippen molar-refractivity contribution in [2.24, 2.45) is 12.8 Å². The van der Waals surface area contributed by atoms with E-state index in [2.05, 4.69) is 6.07 Å². The third kappa shape index (κ3) is 2.99. The predicted octanol–water partition coefficient (Wildman–Crippen LogP) is 3.12. The topological polar surface area (TPSA) is 64.0 Å². The lowest BCUT2D eigenvalue weighted by Crippen LogP contribution is -2.31. The zero-order chi connectivity index (χ0) is 14.1. The van der Waals surface area contributed by atoms with E-state index >= 15 is 0 Å². The Kier molecular flexibility index (Phi) is 4.76. The molecule has 112 valence electrons. The molecule has 0 radical (unpaired) electrons. The highest BCUT2D eigenvalue weighted by Gasteiger charge is 2.21. The van der Waals surface area contributed by atoms with Crippen molar-refractivity contribution in [1.82, 2.24) is 4.57 Å². The number of hydrogen-bond acceptors (Lipinski definition) is 3. The fourth-order valence-corrected chi connectivity index (χ4v) is 2.97. The van der Waals surface area contributed by atoms with Crippen LogP contribution in [0.3, 0.4) is 0 Å². The Labute approximate surface area is 130 Å². The van der Waals surface area contributed by atoms with Gasteiger partial charge in [0.2, 0.25) is 0 Å². The summed E-state index contributed by atoms with van der Waals surface area (Å²) in [7, 11) is 1.95. The molecule has 0 unspecified atom stereocenters. The highest BCUT2D eigenvalue weighted by molar-refractivity contribution is 5.90. The first-order valence-corrected chi connectivity index (χ1v) is 7.09. The summed E-state index contributed by atoms with van der Waals surface area (Å²) in [6, 6.07) is 8.33. The minimum Gasteiger partial charge on any atom is -0.490 e. The molecule has 0 bridgehead atoms. The second-order valence-corrected chi connectivity index (χ2v) is 5.57. The monoisotopic (exact) mass is 305 g/mol. The molecule has 0 saturated heterocycles. The van der Waals surface area contributed by atoms with Crippen LogP contribution in [-0.2, 0) is 7.05 Å². The zero-order valence-corrected chi connectivity index (χ0v) is 12.9. The summed E-state index contributed by atoms with van der Waals surface area (Å²) in [5.74, 6) is 0.875. The Hall–Kier alpha value is -1.70. The number of rotatable bonds is 2. The van der Waals surface area contributed by atoms with Crippen LogP contribution in [0.4, 0.5) is 0 Å². The number of halogens is 1. The van der Waals surface area contributed by atoms with Crippen molar-refractivity contribution >= 4 is 23.3 Å². The van der Waals surface area contributed by atoms with Gasteiger partial charge < -0.3 is 15.0 Å². The van der Waals surface area contributed by atoms with Crippen molar-refractivity contribution in [3.63, 3.8) is 0 Å². The average Bonchev–Trinajstić information content (AvgIpc) is 2.85.